The van der Waals surface area contributed by atoms with E-state index in [2.05, 4.69) is 27.5 Å². The number of nitrogens with one attached hydrogen (secondary N) is 3. The molecule has 1 saturated heterocycles. The van der Waals surface area contributed by atoms with Gasteiger partial charge in [0.1, 0.15) is 5.75 Å². The van der Waals surface area contributed by atoms with Gasteiger partial charge in [0.15, 0.2) is 0 Å². The number of carbonyl (C=O) groups is 3. The largest absolute Gasteiger partial charge is 0.497 e. The zero-order valence-corrected chi connectivity index (χ0v) is 16.3. The predicted octanol–water partition coefficient (Wildman–Crippen LogP) is 0.278. The van der Waals surface area contributed by atoms with E-state index >= 15 is 0 Å². The second-order valence-corrected chi connectivity index (χ2v) is 7.15. The monoisotopic (exact) mass is 406 g/mol. The molecule has 2 aliphatic heterocycles. The molecule has 4 rings (SSSR count). The van der Waals surface area contributed by atoms with Crippen LogP contribution in [0.4, 0.5) is 4.79 Å². The molecule has 1 atom stereocenters. The summed E-state index contributed by atoms with van der Waals surface area (Å²) in [6, 6.07) is 6.09. The standard InChI is InChI=1S/C21H18N4O5/c1-12-7-13(9-22-17(12)26)5-6-21(19(28)23-20(29)24-21)11-25-10-14-3-4-15(30-2)8-16(14)18(25)27/h3-4,7-9H,10-11H2,1-2H3,(H,22,26)(H2,23,24,28,29)/t21-/m1/s1. The van der Waals surface area contributed by atoms with Gasteiger partial charge < -0.3 is 19.9 Å². The molecule has 0 bridgehead atoms. The van der Waals surface area contributed by atoms with Crippen LogP contribution in [0.5, 0.6) is 5.75 Å². The van der Waals surface area contributed by atoms with Crippen LogP contribution in [0.1, 0.15) is 27.0 Å². The van der Waals surface area contributed by atoms with Crippen molar-refractivity contribution in [2.24, 2.45) is 0 Å². The lowest BCUT2D eigenvalue weighted by atomic mass is 9.99. The molecule has 9 nitrogen and oxygen atoms in total. The van der Waals surface area contributed by atoms with Gasteiger partial charge in [-0.15, -0.1) is 0 Å². The summed E-state index contributed by atoms with van der Waals surface area (Å²) in [6.45, 7) is 1.79. The summed E-state index contributed by atoms with van der Waals surface area (Å²) in [5, 5.41) is 4.73. The molecule has 0 saturated carbocycles. The lowest BCUT2D eigenvalue weighted by Gasteiger charge is -2.26. The third kappa shape index (κ3) is 3.28. The SMILES string of the molecule is COc1ccc2c(c1)C(=O)N(C[C@@]1(C#Cc3c[nH]c(=O)c(C)c3)NC(=O)NC1=O)C2. The van der Waals surface area contributed by atoms with E-state index in [1.165, 1.54) is 18.2 Å². The highest BCUT2D eigenvalue weighted by molar-refractivity contribution is 6.10. The first-order valence-corrected chi connectivity index (χ1v) is 9.13. The molecule has 30 heavy (non-hydrogen) atoms. The summed E-state index contributed by atoms with van der Waals surface area (Å²) in [7, 11) is 1.51. The van der Waals surface area contributed by atoms with Crippen molar-refractivity contribution >= 4 is 17.8 Å². The van der Waals surface area contributed by atoms with Gasteiger partial charge in [-0.05, 0) is 30.7 Å². The summed E-state index contributed by atoms with van der Waals surface area (Å²) in [5.41, 5.74) is 0.376. The van der Waals surface area contributed by atoms with E-state index in [9.17, 15) is 19.2 Å². The van der Waals surface area contributed by atoms with Crippen LogP contribution in [0.2, 0.25) is 0 Å². The van der Waals surface area contributed by atoms with Crippen molar-refractivity contribution in [1.82, 2.24) is 20.5 Å². The summed E-state index contributed by atoms with van der Waals surface area (Å²) in [5.74, 6) is 5.26. The van der Waals surface area contributed by atoms with Gasteiger partial charge in [-0.2, -0.15) is 0 Å². The van der Waals surface area contributed by atoms with E-state index in [1.54, 1.807) is 31.2 Å². The zero-order valence-electron chi connectivity index (χ0n) is 16.3. The van der Waals surface area contributed by atoms with Gasteiger partial charge in [0.05, 0.1) is 13.7 Å². The number of methoxy groups -OCH3 is 1. The molecule has 3 heterocycles. The highest BCUT2D eigenvalue weighted by Crippen LogP contribution is 2.28. The molecule has 0 spiro atoms. The number of pyridine rings is 1. The summed E-state index contributed by atoms with van der Waals surface area (Å²) in [4.78, 5) is 52.9. The van der Waals surface area contributed by atoms with Crippen molar-refractivity contribution < 1.29 is 19.1 Å². The molecule has 0 aliphatic carbocycles. The van der Waals surface area contributed by atoms with E-state index < -0.39 is 17.5 Å². The van der Waals surface area contributed by atoms with Gasteiger partial charge in [-0.25, -0.2) is 4.79 Å². The maximum atomic E-state index is 12.9. The minimum Gasteiger partial charge on any atom is -0.497 e. The molecule has 0 unspecified atom stereocenters. The number of fused-ring (bicyclic) bond motifs is 1. The fourth-order valence-electron chi connectivity index (χ4n) is 3.46. The van der Waals surface area contributed by atoms with Crippen molar-refractivity contribution in [2.75, 3.05) is 13.7 Å². The molecule has 0 radical (unpaired) electrons. The molecule has 1 aromatic carbocycles. The second kappa shape index (κ2) is 7.08. The number of amides is 4. The minimum absolute atomic E-state index is 0.129. The predicted molar refractivity (Wildman–Crippen MR) is 106 cm³/mol. The Bertz CT molecular complexity index is 1210. The maximum absolute atomic E-state index is 12.9. The molecular formula is C21H18N4O5. The van der Waals surface area contributed by atoms with Crippen LogP contribution in [-0.4, -0.2) is 46.9 Å². The van der Waals surface area contributed by atoms with Crippen LogP contribution < -0.4 is 20.9 Å². The second-order valence-electron chi connectivity index (χ2n) is 7.15. The van der Waals surface area contributed by atoms with Gasteiger partial charge in [-0.3, -0.25) is 19.7 Å². The summed E-state index contributed by atoms with van der Waals surface area (Å²) < 4.78 is 5.17. The average Bonchev–Trinajstić information content (AvgIpc) is 3.18. The van der Waals surface area contributed by atoms with Crippen molar-refractivity contribution in [3.8, 4) is 17.6 Å². The molecular weight excluding hydrogens is 388 g/mol. The van der Waals surface area contributed by atoms with Crippen molar-refractivity contribution in [2.45, 2.75) is 19.0 Å². The number of benzene rings is 1. The Kier molecular flexibility index (Phi) is 4.54. The summed E-state index contributed by atoms with van der Waals surface area (Å²) in [6.07, 6.45) is 1.42. The molecule has 9 heteroatoms. The van der Waals surface area contributed by atoms with Gasteiger partial charge in [0.2, 0.25) is 5.54 Å². The minimum atomic E-state index is -1.61. The van der Waals surface area contributed by atoms with Crippen LogP contribution >= 0.6 is 0 Å². The number of aromatic amines is 1. The quantitative estimate of drug-likeness (QED) is 0.499. The number of carbonyl (C=O) groups excluding carboxylic acids is 3. The first kappa shape index (κ1) is 19.3. The van der Waals surface area contributed by atoms with Crippen LogP contribution in [0, 0.1) is 18.8 Å². The van der Waals surface area contributed by atoms with E-state index in [-0.39, 0.29) is 24.6 Å². The van der Waals surface area contributed by atoms with Crippen LogP contribution in [0.25, 0.3) is 0 Å². The Morgan fingerprint density at radius 3 is 2.67 bits per heavy atom. The number of nitrogens with zero attached hydrogens (tertiary/aromatic N) is 1. The smallest absolute Gasteiger partial charge is 0.323 e. The first-order chi connectivity index (χ1) is 14.3. The number of ether oxygens (including phenoxy) is 1. The highest BCUT2D eigenvalue weighted by atomic mass is 16.5. The summed E-state index contributed by atoms with van der Waals surface area (Å²) >= 11 is 0. The molecule has 2 aliphatic rings. The van der Waals surface area contributed by atoms with E-state index in [1.807, 2.05) is 0 Å². The van der Waals surface area contributed by atoms with E-state index in [0.29, 0.717) is 22.4 Å². The first-order valence-electron chi connectivity index (χ1n) is 9.13. The van der Waals surface area contributed by atoms with Gasteiger partial charge in [0, 0.05) is 29.4 Å². The van der Waals surface area contributed by atoms with E-state index in [0.717, 1.165) is 5.56 Å². The van der Waals surface area contributed by atoms with Crippen LogP contribution in [0.15, 0.2) is 35.3 Å². The third-order valence-corrected chi connectivity index (χ3v) is 5.07. The number of H-pyrrole nitrogens is 1. The van der Waals surface area contributed by atoms with Gasteiger partial charge in [0.25, 0.3) is 17.4 Å². The molecule has 3 N–H and O–H groups in total. The lowest BCUT2D eigenvalue weighted by Crippen LogP contribution is -2.54. The number of hydrogen-bond donors (Lipinski definition) is 3. The van der Waals surface area contributed by atoms with Crippen LogP contribution in [0.3, 0.4) is 0 Å². The Morgan fingerprint density at radius 1 is 1.20 bits per heavy atom. The topological polar surface area (TPSA) is 121 Å². The van der Waals surface area contributed by atoms with Gasteiger partial charge in [-0.1, -0.05) is 17.9 Å². The number of rotatable bonds is 3. The molecule has 1 fully saturated rings. The van der Waals surface area contributed by atoms with Crippen molar-refractivity contribution in [1.29, 1.82) is 0 Å². The number of hydrogen-bond acceptors (Lipinski definition) is 5. The Labute approximate surface area is 171 Å². The maximum Gasteiger partial charge on any atom is 0.323 e. The molecule has 4 amide bonds. The lowest BCUT2D eigenvalue weighted by molar-refractivity contribution is -0.122. The Morgan fingerprint density at radius 2 is 2.00 bits per heavy atom. The number of aryl methyl sites for hydroxylation is 1. The fourth-order valence-corrected chi connectivity index (χ4v) is 3.46. The van der Waals surface area contributed by atoms with Crippen molar-refractivity contribution in [3.05, 3.63) is 63.1 Å². The Balaban J connectivity index is 1.66. The van der Waals surface area contributed by atoms with Crippen molar-refractivity contribution in [3.63, 3.8) is 0 Å². The Hall–Kier alpha value is -4.06. The van der Waals surface area contributed by atoms with Gasteiger partial charge >= 0.3 is 6.03 Å². The highest BCUT2D eigenvalue weighted by Gasteiger charge is 2.48. The normalized spacial score (nSPS) is 19.7. The number of aromatic nitrogens is 1. The fraction of sp³-hybridized carbons (Fsp3) is 0.238. The zero-order chi connectivity index (χ0) is 21.5. The molecule has 152 valence electrons. The molecule has 2 aromatic rings. The van der Waals surface area contributed by atoms with E-state index in [4.69, 9.17) is 4.74 Å². The molecule has 1 aromatic heterocycles. The van der Waals surface area contributed by atoms with Crippen LogP contribution in [-0.2, 0) is 11.3 Å². The third-order valence-electron chi connectivity index (χ3n) is 5.07. The number of imide groups is 1. The average molecular weight is 406 g/mol. The number of urea groups is 1.